The third-order valence-corrected chi connectivity index (χ3v) is 4.55. The fourth-order valence-corrected chi connectivity index (χ4v) is 2.71. The second-order valence-electron chi connectivity index (χ2n) is 7.46. The second kappa shape index (κ2) is 24.0. The first-order chi connectivity index (χ1) is 14.9. The predicted molar refractivity (Wildman–Crippen MR) is 129 cm³/mol. The van der Waals surface area contributed by atoms with Crippen LogP contribution < -0.4 is 0 Å². The van der Waals surface area contributed by atoms with Crippen LogP contribution in [-0.4, -0.2) is 22.2 Å². The zero-order valence-corrected chi connectivity index (χ0v) is 19.7. The van der Waals surface area contributed by atoms with Crippen molar-refractivity contribution in [2.24, 2.45) is 0 Å². The molecule has 5 nitrogen and oxygen atoms in total. The van der Waals surface area contributed by atoms with Crippen molar-refractivity contribution < 1.29 is 24.2 Å². The first-order valence-corrected chi connectivity index (χ1v) is 11.7. The Hall–Kier alpha value is -2.30. The van der Waals surface area contributed by atoms with Gasteiger partial charge in [-0.2, -0.15) is 0 Å². The highest BCUT2D eigenvalue weighted by Gasteiger charge is 2.12. The highest BCUT2D eigenvalue weighted by Crippen LogP contribution is 2.08. The minimum Gasteiger partial charge on any atom is -0.475 e. The number of carboxylic acid groups (broad SMARTS) is 2. The molecule has 1 rings (SSSR count). The van der Waals surface area contributed by atoms with Crippen LogP contribution in [0.25, 0.3) is 0 Å². The third kappa shape index (κ3) is 22.2. The van der Waals surface area contributed by atoms with Crippen LogP contribution in [0.1, 0.15) is 125 Å². The number of carboxylic acids is 2. The van der Waals surface area contributed by atoms with Gasteiger partial charge in [0.25, 0.3) is 0 Å². The standard InChI is InChI=1S/2C10H20.C6H4O5/c2*1-3-5-7-9-10-8-6-4-2;7-5(8)3-1-2-4(11-3)6(9)10/h2*3H,1,4-10H2,2H3;1-2H,(H,7,8)(H,9,10). The molecule has 5 heteroatoms. The second-order valence-corrected chi connectivity index (χ2v) is 7.46. The van der Waals surface area contributed by atoms with Crippen molar-refractivity contribution in [3.8, 4) is 0 Å². The fraction of sp³-hybridized carbons (Fsp3) is 0.615. The van der Waals surface area contributed by atoms with Crippen LogP contribution in [0.3, 0.4) is 0 Å². The molecule has 0 atom stereocenters. The van der Waals surface area contributed by atoms with Gasteiger partial charge in [0, 0.05) is 0 Å². The lowest BCUT2D eigenvalue weighted by molar-refractivity contribution is 0.0631. The van der Waals surface area contributed by atoms with Crippen LogP contribution in [0.5, 0.6) is 0 Å². The molecular formula is C26H44O5. The van der Waals surface area contributed by atoms with Crippen molar-refractivity contribution in [3.05, 3.63) is 49.0 Å². The van der Waals surface area contributed by atoms with E-state index >= 15 is 0 Å². The van der Waals surface area contributed by atoms with E-state index in [1.165, 1.54) is 89.9 Å². The molecule has 0 fully saturated rings. The van der Waals surface area contributed by atoms with E-state index in [0.717, 1.165) is 12.1 Å². The van der Waals surface area contributed by atoms with E-state index in [1.807, 2.05) is 12.2 Å². The fourth-order valence-electron chi connectivity index (χ4n) is 2.71. The topological polar surface area (TPSA) is 87.7 Å². The number of allylic oxidation sites excluding steroid dienone is 2. The van der Waals surface area contributed by atoms with Gasteiger partial charge >= 0.3 is 11.9 Å². The van der Waals surface area contributed by atoms with Crippen molar-refractivity contribution in [1.29, 1.82) is 0 Å². The number of carbonyl (C=O) groups is 2. The summed E-state index contributed by atoms with van der Waals surface area (Å²) in [4.78, 5) is 20.3. The highest BCUT2D eigenvalue weighted by atomic mass is 16.4. The van der Waals surface area contributed by atoms with Gasteiger partial charge in [0.15, 0.2) is 0 Å². The molecule has 0 amide bonds. The van der Waals surface area contributed by atoms with Crippen LogP contribution in [0.15, 0.2) is 41.9 Å². The molecule has 178 valence electrons. The Morgan fingerprint density at radius 2 is 1.03 bits per heavy atom. The molecule has 2 N–H and O–H groups in total. The summed E-state index contributed by atoms with van der Waals surface area (Å²) in [5, 5.41) is 16.6. The maximum atomic E-state index is 10.2. The quantitative estimate of drug-likeness (QED) is 0.200. The largest absolute Gasteiger partial charge is 0.475 e. The molecule has 1 heterocycles. The Kier molecular flexibility index (Phi) is 23.9. The Labute approximate surface area is 189 Å². The first-order valence-electron chi connectivity index (χ1n) is 11.7. The monoisotopic (exact) mass is 436 g/mol. The van der Waals surface area contributed by atoms with Crippen molar-refractivity contribution >= 4 is 11.9 Å². The summed E-state index contributed by atoms with van der Waals surface area (Å²) in [6.07, 6.45) is 23.1. The summed E-state index contributed by atoms with van der Waals surface area (Å²) in [6.45, 7) is 11.9. The Morgan fingerprint density at radius 3 is 1.29 bits per heavy atom. The normalized spacial score (nSPS) is 9.61. The van der Waals surface area contributed by atoms with Gasteiger partial charge in [-0.1, -0.05) is 90.2 Å². The number of hydrogen-bond donors (Lipinski definition) is 2. The van der Waals surface area contributed by atoms with Crippen molar-refractivity contribution in [2.75, 3.05) is 0 Å². The van der Waals surface area contributed by atoms with E-state index in [0.29, 0.717) is 0 Å². The van der Waals surface area contributed by atoms with Gasteiger partial charge < -0.3 is 14.6 Å². The Bertz CT molecular complexity index is 526. The smallest absolute Gasteiger partial charge is 0.371 e. The summed E-state index contributed by atoms with van der Waals surface area (Å²) in [7, 11) is 0. The van der Waals surface area contributed by atoms with Crippen LogP contribution >= 0.6 is 0 Å². The van der Waals surface area contributed by atoms with Gasteiger partial charge in [0.2, 0.25) is 11.5 Å². The van der Waals surface area contributed by atoms with Crippen molar-refractivity contribution in [1.82, 2.24) is 0 Å². The zero-order valence-electron chi connectivity index (χ0n) is 19.7. The lowest BCUT2D eigenvalue weighted by Gasteiger charge is -1.96. The number of unbranched alkanes of at least 4 members (excludes halogenated alkanes) is 12. The molecule has 0 radical (unpaired) electrons. The molecule has 1 aromatic rings. The van der Waals surface area contributed by atoms with Crippen molar-refractivity contribution in [2.45, 2.75) is 104 Å². The molecule has 0 aliphatic heterocycles. The summed E-state index contributed by atoms with van der Waals surface area (Å²) in [5.74, 6) is -3.31. The molecule has 0 unspecified atom stereocenters. The maximum absolute atomic E-state index is 10.2. The number of aromatic carboxylic acids is 2. The third-order valence-electron chi connectivity index (χ3n) is 4.55. The number of hydrogen-bond acceptors (Lipinski definition) is 3. The predicted octanol–water partition coefficient (Wildman–Crippen LogP) is 8.52. The molecular weight excluding hydrogens is 392 g/mol. The molecule has 0 saturated carbocycles. The molecule has 31 heavy (non-hydrogen) atoms. The number of furan rings is 1. The van der Waals surface area contributed by atoms with Crippen LogP contribution in [0.2, 0.25) is 0 Å². The van der Waals surface area contributed by atoms with E-state index in [4.69, 9.17) is 10.2 Å². The van der Waals surface area contributed by atoms with E-state index in [1.54, 1.807) is 0 Å². The minimum absolute atomic E-state index is 0.373. The van der Waals surface area contributed by atoms with E-state index in [9.17, 15) is 9.59 Å². The lowest BCUT2D eigenvalue weighted by Crippen LogP contribution is -1.94. The summed E-state index contributed by atoms with van der Waals surface area (Å²) < 4.78 is 4.41. The Balaban J connectivity index is 0. The van der Waals surface area contributed by atoms with Crippen molar-refractivity contribution in [3.63, 3.8) is 0 Å². The maximum Gasteiger partial charge on any atom is 0.371 e. The molecule has 0 bridgehead atoms. The molecule has 0 aliphatic rings. The first kappa shape index (κ1) is 30.9. The van der Waals surface area contributed by atoms with Gasteiger partial charge in [-0.15, -0.1) is 13.2 Å². The molecule has 0 saturated heterocycles. The minimum atomic E-state index is -1.28. The molecule has 0 aromatic carbocycles. The molecule has 0 spiro atoms. The Morgan fingerprint density at radius 1 is 0.710 bits per heavy atom. The summed E-state index contributed by atoms with van der Waals surface area (Å²) >= 11 is 0. The van der Waals surface area contributed by atoms with Gasteiger partial charge in [0.05, 0.1) is 0 Å². The molecule has 0 aliphatic carbocycles. The van der Waals surface area contributed by atoms with E-state index in [-0.39, 0.29) is 11.5 Å². The SMILES string of the molecule is C=CCCCCCCCC.C=CCCCCCCCC.O=C(O)c1ccc(C(=O)O)o1. The van der Waals surface area contributed by atoms with Crippen LogP contribution in [0.4, 0.5) is 0 Å². The summed E-state index contributed by atoms with van der Waals surface area (Å²) in [6, 6.07) is 2.18. The average molecular weight is 437 g/mol. The van der Waals surface area contributed by atoms with Crippen LogP contribution in [0, 0.1) is 0 Å². The van der Waals surface area contributed by atoms with E-state index in [2.05, 4.69) is 31.4 Å². The van der Waals surface area contributed by atoms with E-state index < -0.39 is 11.9 Å². The number of rotatable bonds is 16. The summed E-state index contributed by atoms with van der Waals surface area (Å²) in [5.41, 5.74) is 0. The van der Waals surface area contributed by atoms with Gasteiger partial charge in [-0.25, -0.2) is 9.59 Å². The average Bonchev–Trinajstić information content (AvgIpc) is 3.25. The zero-order chi connectivity index (χ0) is 23.7. The van der Waals surface area contributed by atoms with Gasteiger partial charge in [-0.05, 0) is 37.8 Å². The lowest BCUT2D eigenvalue weighted by atomic mass is 10.1. The van der Waals surface area contributed by atoms with Crippen LogP contribution in [-0.2, 0) is 0 Å². The van der Waals surface area contributed by atoms with Gasteiger partial charge in [0.1, 0.15) is 0 Å². The van der Waals surface area contributed by atoms with Gasteiger partial charge in [-0.3, -0.25) is 0 Å². The molecule has 1 aromatic heterocycles. The highest BCUT2D eigenvalue weighted by molar-refractivity contribution is 5.88.